The average molecular weight is 136 g/mol. The van der Waals surface area contributed by atoms with Crippen LogP contribution in [-0.4, -0.2) is 43.4 Å². The van der Waals surface area contributed by atoms with Crippen molar-refractivity contribution in [2.24, 2.45) is 0 Å². The van der Waals surface area contributed by atoms with Crippen molar-refractivity contribution < 1.29 is 19.7 Å². The second-order valence-electron chi connectivity index (χ2n) is 1.65. The number of ether oxygens (including phenoxy) is 2. The van der Waals surface area contributed by atoms with Crippen molar-refractivity contribution in [2.45, 2.75) is 12.4 Å². The molecule has 0 aromatic heterocycles. The van der Waals surface area contributed by atoms with Gasteiger partial charge in [-0.1, -0.05) is 0 Å². The zero-order valence-electron chi connectivity index (χ0n) is 5.57. The summed E-state index contributed by atoms with van der Waals surface area (Å²) in [7, 11) is 2.75. The second-order valence-corrected chi connectivity index (χ2v) is 1.65. The molecule has 0 aromatic carbocycles. The van der Waals surface area contributed by atoms with Crippen molar-refractivity contribution in [1.82, 2.24) is 0 Å². The van der Waals surface area contributed by atoms with Gasteiger partial charge in [-0.15, -0.1) is 0 Å². The first-order valence-electron chi connectivity index (χ1n) is 2.60. The molecule has 4 heteroatoms. The Hall–Kier alpha value is -0.160. The summed E-state index contributed by atoms with van der Waals surface area (Å²) in [5.74, 6) is 0. The van der Waals surface area contributed by atoms with E-state index >= 15 is 0 Å². The molecule has 0 amide bonds. The highest BCUT2D eigenvalue weighted by molar-refractivity contribution is 4.54. The highest BCUT2D eigenvalue weighted by atomic mass is 16.6. The van der Waals surface area contributed by atoms with E-state index in [0.29, 0.717) is 0 Å². The summed E-state index contributed by atoms with van der Waals surface area (Å²) in [4.78, 5) is 0. The molecule has 0 aromatic rings. The van der Waals surface area contributed by atoms with E-state index in [1.54, 1.807) is 0 Å². The quantitative estimate of drug-likeness (QED) is 0.484. The zero-order chi connectivity index (χ0) is 7.28. The summed E-state index contributed by atoms with van der Waals surface area (Å²) in [5, 5.41) is 17.5. The van der Waals surface area contributed by atoms with Gasteiger partial charge in [0.15, 0.2) is 6.29 Å². The summed E-state index contributed by atoms with van der Waals surface area (Å²) in [6, 6.07) is 0. The van der Waals surface area contributed by atoms with Crippen LogP contribution < -0.4 is 0 Å². The van der Waals surface area contributed by atoms with Gasteiger partial charge >= 0.3 is 0 Å². The minimum atomic E-state index is -1.15. The molecule has 0 heterocycles. The van der Waals surface area contributed by atoms with Gasteiger partial charge < -0.3 is 19.7 Å². The first-order chi connectivity index (χ1) is 4.22. The molecule has 0 rings (SSSR count). The van der Waals surface area contributed by atoms with Crippen LogP contribution in [0.3, 0.4) is 0 Å². The summed E-state index contributed by atoms with van der Waals surface area (Å²) >= 11 is 0. The van der Waals surface area contributed by atoms with E-state index in [2.05, 4.69) is 9.47 Å². The van der Waals surface area contributed by atoms with E-state index in [-0.39, 0.29) is 6.61 Å². The van der Waals surface area contributed by atoms with Gasteiger partial charge in [-0.3, -0.25) is 0 Å². The summed E-state index contributed by atoms with van der Waals surface area (Å²) in [6.45, 7) is 0.0784. The first-order valence-corrected chi connectivity index (χ1v) is 2.60. The van der Waals surface area contributed by atoms with Gasteiger partial charge in [0.05, 0.1) is 6.61 Å². The smallest absolute Gasteiger partial charge is 0.182 e. The Bertz CT molecular complexity index is 66.0. The predicted octanol–water partition coefficient (Wildman–Crippen LogP) is -1.04. The van der Waals surface area contributed by atoms with Gasteiger partial charge in [0.2, 0.25) is 0 Å². The van der Waals surface area contributed by atoms with E-state index in [0.717, 1.165) is 0 Å². The van der Waals surface area contributed by atoms with Gasteiger partial charge in [0.1, 0.15) is 6.10 Å². The van der Waals surface area contributed by atoms with Crippen LogP contribution in [0.5, 0.6) is 0 Å². The molecular weight excluding hydrogens is 124 g/mol. The van der Waals surface area contributed by atoms with Gasteiger partial charge in [0.25, 0.3) is 0 Å². The number of aliphatic hydroxyl groups is 2. The molecule has 4 nitrogen and oxygen atoms in total. The van der Waals surface area contributed by atoms with E-state index in [1.165, 1.54) is 14.2 Å². The minimum absolute atomic E-state index is 0.0784. The average Bonchev–Trinajstić information content (AvgIpc) is 1.87. The lowest BCUT2D eigenvalue weighted by Crippen LogP contribution is -2.31. The van der Waals surface area contributed by atoms with Gasteiger partial charge in [-0.2, -0.15) is 0 Å². The van der Waals surface area contributed by atoms with Crippen LogP contribution in [0.1, 0.15) is 0 Å². The van der Waals surface area contributed by atoms with Crippen LogP contribution in [0.2, 0.25) is 0 Å². The molecule has 9 heavy (non-hydrogen) atoms. The van der Waals surface area contributed by atoms with E-state index in [9.17, 15) is 0 Å². The van der Waals surface area contributed by atoms with Crippen molar-refractivity contribution >= 4 is 0 Å². The lowest BCUT2D eigenvalue weighted by atomic mass is 10.4. The molecule has 56 valence electrons. The molecule has 0 saturated heterocycles. The van der Waals surface area contributed by atoms with Crippen molar-refractivity contribution in [3.63, 3.8) is 0 Å². The summed E-state index contributed by atoms with van der Waals surface area (Å²) in [6.07, 6.45) is -2.11. The highest BCUT2D eigenvalue weighted by Crippen LogP contribution is 1.92. The Morgan fingerprint density at radius 2 is 1.89 bits per heavy atom. The van der Waals surface area contributed by atoms with Gasteiger partial charge in [0, 0.05) is 14.2 Å². The molecule has 0 spiro atoms. The summed E-state index contributed by atoms with van der Waals surface area (Å²) < 4.78 is 8.93. The molecule has 0 aliphatic rings. The Kier molecular flexibility index (Phi) is 4.61. The van der Waals surface area contributed by atoms with Crippen LogP contribution in [0.15, 0.2) is 0 Å². The van der Waals surface area contributed by atoms with Crippen molar-refractivity contribution in [2.75, 3.05) is 20.8 Å². The van der Waals surface area contributed by atoms with E-state index < -0.39 is 12.4 Å². The fourth-order valence-electron chi connectivity index (χ4n) is 0.410. The third-order valence-electron chi connectivity index (χ3n) is 0.908. The molecule has 0 aliphatic heterocycles. The molecule has 0 bridgehead atoms. The lowest BCUT2D eigenvalue weighted by molar-refractivity contribution is -0.158. The predicted molar refractivity (Wildman–Crippen MR) is 30.9 cm³/mol. The Morgan fingerprint density at radius 3 is 2.22 bits per heavy atom. The number of aliphatic hydroxyl groups excluding tert-OH is 2. The maximum absolute atomic E-state index is 8.82. The van der Waals surface area contributed by atoms with Crippen LogP contribution in [-0.2, 0) is 9.47 Å². The zero-order valence-corrected chi connectivity index (χ0v) is 5.57. The maximum atomic E-state index is 8.82. The minimum Gasteiger partial charge on any atom is -0.385 e. The standard InChI is InChI=1S/C5H12O4/c1-8-3-4(6)5(7)9-2/h4-7H,3H2,1-2H3. The van der Waals surface area contributed by atoms with Crippen molar-refractivity contribution in [1.29, 1.82) is 0 Å². The van der Waals surface area contributed by atoms with E-state index in [1.807, 2.05) is 0 Å². The molecule has 2 N–H and O–H groups in total. The molecular formula is C5H12O4. The fraction of sp³-hybridized carbons (Fsp3) is 1.00. The third-order valence-corrected chi connectivity index (χ3v) is 0.908. The lowest BCUT2D eigenvalue weighted by Gasteiger charge is -2.14. The normalized spacial score (nSPS) is 17.3. The number of hydrogen-bond acceptors (Lipinski definition) is 4. The maximum Gasteiger partial charge on any atom is 0.182 e. The Labute approximate surface area is 54.0 Å². The number of hydrogen-bond donors (Lipinski definition) is 2. The monoisotopic (exact) mass is 136 g/mol. The third kappa shape index (κ3) is 3.42. The Balaban J connectivity index is 3.32. The van der Waals surface area contributed by atoms with Crippen LogP contribution in [0.25, 0.3) is 0 Å². The molecule has 0 saturated carbocycles. The second kappa shape index (κ2) is 4.69. The van der Waals surface area contributed by atoms with Crippen molar-refractivity contribution in [3.05, 3.63) is 0 Å². The highest BCUT2D eigenvalue weighted by Gasteiger charge is 2.13. The first kappa shape index (κ1) is 8.84. The topological polar surface area (TPSA) is 58.9 Å². The fourth-order valence-corrected chi connectivity index (χ4v) is 0.410. The van der Waals surface area contributed by atoms with Crippen LogP contribution in [0.4, 0.5) is 0 Å². The SMILES string of the molecule is COCC(O)C(O)OC. The van der Waals surface area contributed by atoms with Gasteiger partial charge in [-0.25, -0.2) is 0 Å². The van der Waals surface area contributed by atoms with Crippen molar-refractivity contribution in [3.8, 4) is 0 Å². The van der Waals surface area contributed by atoms with Crippen LogP contribution >= 0.6 is 0 Å². The molecule has 2 atom stereocenters. The van der Waals surface area contributed by atoms with E-state index in [4.69, 9.17) is 10.2 Å². The molecule has 2 unspecified atom stereocenters. The summed E-state index contributed by atoms with van der Waals surface area (Å²) in [5.41, 5.74) is 0. The molecule has 0 radical (unpaired) electrons. The Morgan fingerprint density at radius 1 is 1.33 bits per heavy atom. The molecule has 0 aliphatic carbocycles. The number of methoxy groups -OCH3 is 2. The van der Waals surface area contributed by atoms with Crippen LogP contribution in [0, 0.1) is 0 Å². The largest absolute Gasteiger partial charge is 0.385 e. The number of rotatable bonds is 4. The van der Waals surface area contributed by atoms with Gasteiger partial charge in [-0.05, 0) is 0 Å². The molecule has 0 fully saturated rings.